The maximum atomic E-state index is 10.9. The fraction of sp³-hybridized carbons (Fsp3) is 0.111. The number of aliphatic carboxylic acids is 1. The van der Waals surface area contributed by atoms with E-state index < -0.39 is 18.7 Å². The highest BCUT2D eigenvalue weighted by atomic mass is 16.7. The van der Waals surface area contributed by atoms with Crippen LogP contribution >= 0.6 is 0 Å². The fourth-order valence-electron chi connectivity index (χ4n) is 0.773. The van der Waals surface area contributed by atoms with E-state index in [0.717, 1.165) is 0 Å². The predicted octanol–water partition coefficient (Wildman–Crippen LogP) is 0.791. The van der Waals surface area contributed by atoms with Crippen molar-refractivity contribution >= 4 is 12.1 Å². The Morgan fingerprint density at radius 2 is 1.93 bits per heavy atom. The van der Waals surface area contributed by atoms with E-state index in [4.69, 9.17) is 9.84 Å². The van der Waals surface area contributed by atoms with Crippen LogP contribution in [0.4, 0.5) is 4.79 Å². The van der Waals surface area contributed by atoms with Gasteiger partial charge in [-0.15, -0.1) is 0 Å². The Balaban J connectivity index is 2.28. The Morgan fingerprint density at radius 3 is 2.53 bits per heavy atom. The summed E-state index contributed by atoms with van der Waals surface area (Å²) in [5.41, 5.74) is 1.82. The summed E-state index contributed by atoms with van der Waals surface area (Å²) in [5, 5.41) is 8.20. The third-order valence-corrected chi connectivity index (χ3v) is 1.30. The third kappa shape index (κ3) is 4.63. The molecule has 0 atom stereocenters. The largest absolute Gasteiger partial charge is 0.479 e. The Bertz CT molecular complexity index is 338. The lowest BCUT2D eigenvalue weighted by Gasteiger charge is -2.04. The van der Waals surface area contributed by atoms with Gasteiger partial charge < -0.3 is 9.84 Å². The maximum absolute atomic E-state index is 10.9. The van der Waals surface area contributed by atoms with Crippen molar-refractivity contribution in [1.82, 2.24) is 5.48 Å². The number of hydrogen-bond donors (Lipinski definition) is 2. The second kappa shape index (κ2) is 5.61. The standard InChI is InChI=1S/C9H9NO5/c11-8(12)6-14-10-9(13)15-7-4-2-1-3-5-7/h1-5H,6H2,(H,10,13)(H,11,12). The molecule has 6 nitrogen and oxygen atoms in total. The van der Waals surface area contributed by atoms with E-state index in [1.807, 2.05) is 5.48 Å². The molecule has 0 fully saturated rings. The number of carboxylic acid groups (broad SMARTS) is 1. The van der Waals surface area contributed by atoms with Gasteiger partial charge in [0.25, 0.3) is 0 Å². The first-order valence-electron chi connectivity index (χ1n) is 4.05. The molecule has 0 spiro atoms. The van der Waals surface area contributed by atoms with E-state index in [9.17, 15) is 9.59 Å². The summed E-state index contributed by atoms with van der Waals surface area (Å²) >= 11 is 0. The highest BCUT2D eigenvalue weighted by molar-refractivity contribution is 5.70. The fourth-order valence-corrected chi connectivity index (χ4v) is 0.773. The van der Waals surface area contributed by atoms with Crippen LogP contribution in [0.25, 0.3) is 0 Å². The molecule has 6 heteroatoms. The molecule has 1 rings (SSSR count). The monoisotopic (exact) mass is 211 g/mol. The van der Waals surface area contributed by atoms with Crippen LogP contribution in [-0.4, -0.2) is 23.8 Å². The van der Waals surface area contributed by atoms with E-state index in [1.54, 1.807) is 30.3 Å². The highest BCUT2D eigenvalue weighted by Crippen LogP contribution is 2.07. The van der Waals surface area contributed by atoms with Crippen LogP contribution in [0.3, 0.4) is 0 Å². The van der Waals surface area contributed by atoms with Gasteiger partial charge in [0, 0.05) is 0 Å². The van der Waals surface area contributed by atoms with E-state index in [2.05, 4.69) is 4.84 Å². The zero-order chi connectivity index (χ0) is 11.1. The molecule has 0 saturated carbocycles. The van der Waals surface area contributed by atoms with Crippen LogP contribution < -0.4 is 10.2 Å². The number of hydrogen-bond acceptors (Lipinski definition) is 4. The lowest BCUT2D eigenvalue weighted by molar-refractivity contribution is -0.144. The van der Waals surface area contributed by atoms with Gasteiger partial charge in [-0.05, 0) is 12.1 Å². The highest BCUT2D eigenvalue weighted by Gasteiger charge is 2.04. The molecular weight excluding hydrogens is 202 g/mol. The van der Waals surface area contributed by atoms with Crippen molar-refractivity contribution < 1.29 is 24.3 Å². The lowest BCUT2D eigenvalue weighted by atomic mass is 10.3. The van der Waals surface area contributed by atoms with Crippen LogP contribution in [0.2, 0.25) is 0 Å². The minimum Gasteiger partial charge on any atom is -0.479 e. The molecule has 0 heterocycles. The Labute approximate surface area is 85.4 Å². The molecule has 2 N–H and O–H groups in total. The number of benzene rings is 1. The van der Waals surface area contributed by atoms with E-state index >= 15 is 0 Å². The van der Waals surface area contributed by atoms with Gasteiger partial charge >= 0.3 is 12.1 Å². The minimum absolute atomic E-state index is 0.342. The van der Waals surface area contributed by atoms with Gasteiger partial charge in [-0.2, -0.15) is 5.48 Å². The quantitative estimate of drug-likeness (QED) is 0.719. The van der Waals surface area contributed by atoms with Crippen molar-refractivity contribution in [1.29, 1.82) is 0 Å². The Hall–Kier alpha value is -2.08. The zero-order valence-corrected chi connectivity index (χ0v) is 7.67. The molecule has 0 aliphatic rings. The molecule has 0 unspecified atom stereocenters. The number of carbonyl (C=O) groups excluding carboxylic acids is 1. The average molecular weight is 211 g/mol. The van der Waals surface area contributed by atoms with Gasteiger partial charge in [0.05, 0.1) is 0 Å². The SMILES string of the molecule is O=C(O)CONC(=O)Oc1ccccc1. The summed E-state index contributed by atoms with van der Waals surface area (Å²) in [4.78, 5) is 25.3. The van der Waals surface area contributed by atoms with Crippen molar-refractivity contribution in [3.63, 3.8) is 0 Å². The number of carboxylic acids is 1. The molecule has 80 valence electrons. The number of ether oxygens (including phenoxy) is 1. The number of para-hydroxylation sites is 1. The molecule has 0 aliphatic heterocycles. The minimum atomic E-state index is -1.19. The van der Waals surface area contributed by atoms with Crippen LogP contribution in [-0.2, 0) is 9.63 Å². The Kier molecular flexibility index (Phi) is 4.11. The van der Waals surface area contributed by atoms with Crippen LogP contribution in [0.1, 0.15) is 0 Å². The van der Waals surface area contributed by atoms with Crippen LogP contribution in [0.15, 0.2) is 30.3 Å². The summed E-state index contributed by atoms with van der Waals surface area (Å²) in [6.07, 6.45) is -0.873. The average Bonchev–Trinajstić information content (AvgIpc) is 2.18. The smallest absolute Gasteiger partial charge is 0.436 e. The number of hydroxylamine groups is 1. The molecule has 0 saturated heterocycles. The molecule has 0 bridgehead atoms. The molecule has 0 aromatic heterocycles. The molecule has 1 amide bonds. The Morgan fingerprint density at radius 1 is 1.27 bits per heavy atom. The first-order valence-corrected chi connectivity index (χ1v) is 4.05. The predicted molar refractivity (Wildman–Crippen MR) is 49.2 cm³/mol. The van der Waals surface area contributed by atoms with Crippen molar-refractivity contribution in [3.05, 3.63) is 30.3 Å². The van der Waals surface area contributed by atoms with E-state index in [1.165, 1.54) is 0 Å². The number of rotatable bonds is 4. The molecule has 0 aliphatic carbocycles. The lowest BCUT2D eigenvalue weighted by Crippen LogP contribution is -2.29. The van der Waals surface area contributed by atoms with Gasteiger partial charge in [-0.3, -0.25) is 4.84 Å². The summed E-state index contributed by atoms with van der Waals surface area (Å²) in [7, 11) is 0. The number of amides is 1. The molecular formula is C9H9NO5. The van der Waals surface area contributed by atoms with Crippen molar-refractivity contribution in [2.24, 2.45) is 0 Å². The zero-order valence-electron chi connectivity index (χ0n) is 7.67. The normalized spacial score (nSPS) is 9.33. The molecule has 1 aromatic carbocycles. The van der Waals surface area contributed by atoms with Gasteiger partial charge in [0.2, 0.25) is 0 Å². The van der Waals surface area contributed by atoms with Gasteiger partial charge in [-0.25, -0.2) is 9.59 Å². The molecule has 15 heavy (non-hydrogen) atoms. The van der Waals surface area contributed by atoms with E-state index in [0.29, 0.717) is 5.75 Å². The topological polar surface area (TPSA) is 84.9 Å². The summed E-state index contributed by atoms with van der Waals surface area (Å²) in [6.45, 7) is -0.621. The third-order valence-electron chi connectivity index (χ3n) is 1.30. The summed E-state index contributed by atoms with van der Waals surface area (Å²) < 4.78 is 4.73. The maximum Gasteiger partial charge on any atom is 0.436 e. The van der Waals surface area contributed by atoms with Crippen molar-refractivity contribution in [3.8, 4) is 5.75 Å². The number of nitrogens with one attached hydrogen (secondary N) is 1. The van der Waals surface area contributed by atoms with Gasteiger partial charge in [0.15, 0.2) is 6.61 Å². The molecule has 1 aromatic rings. The summed E-state index contributed by atoms with van der Waals surface area (Å²) in [5.74, 6) is -0.844. The van der Waals surface area contributed by atoms with Crippen molar-refractivity contribution in [2.45, 2.75) is 0 Å². The van der Waals surface area contributed by atoms with Gasteiger partial charge in [-0.1, -0.05) is 18.2 Å². The second-order valence-electron chi connectivity index (χ2n) is 2.49. The number of carbonyl (C=O) groups is 2. The second-order valence-corrected chi connectivity index (χ2v) is 2.49. The first-order chi connectivity index (χ1) is 7.18. The van der Waals surface area contributed by atoms with Crippen LogP contribution in [0, 0.1) is 0 Å². The first kappa shape index (κ1) is 11.0. The van der Waals surface area contributed by atoms with Crippen LogP contribution in [0.5, 0.6) is 5.75 Å². The van der Waals surface area contributed by atoms with Crippen molar-refractivity contribution in [2.75, 3.05) is 6.61 Å². The van der Waals surface area contributed by atoms with E-state index in [-0.39, 0.29) is 0 Å². The molecule has 0 radical (unpaired) electrons. The van der Waals surface area contributed by atoms with Gasteiger partial charge in [0.1, 0.15) is 5.75 Å². The summed E-state index contributed by atoms with van der Waals surface area (Å²) in [6, 6.07) is 8.32.